The zero-order chi connectivity index (χ0) is 15.5. The highest BCUT2D eigenvalue weighted by atomic mass is 32.1. The Morgan fingerprint density at radius 2 is 2.14 bits per heavy atom. The van der Waals surface area contributed by atoms with Crippen molar-refractivity contribution < 1.29 is 18.0 Å². The van der Waals surface area contributed by atoms with E-state index in [-0.39, 0.29) is 17.8 Å². The highest BCUT2D eigenvalue weighted by Crippen LogP contribution is 2.35. The van der Waals surface area contributed by atoms with Crippen LogP contribution in [0, 0.1) is 0 Å². The van der Waals surface area contributed by atoms with Crippen molar-refractivity contribution in [3.05, 3.63) is 45.9 Å². The van der Waals surface area contributed by atoms with Gasteiger partial charge in [-0.25, -0.2) is 0 Å². The summed E-state index contributed by atoms with van der Waals surface area (Å²) in [6, 6.07) is 3.43. The largest absolute Gasteiger partial charge is 0.418 e. The average Bonchev–Trinajstić information content (AvgIpc) is 2.96. The molecular weight excluding hydrogens is 303 g/mol. The van der Waals surface area contributed by atoms with Gasteiger partial charge in [-0.05, 0) is 18.2 Å². The van der Waals surface area contributed by atoms with Crippen molar-refractivity contribution in [3.8, 4) is 0 Å². The van der Waals surface area contributed by atoms with E-state index in [4.69, 9.17) is 0 Å². The Labute approximate surface area is 123 Å². The van der Waals surface area contributed by atoms with Gasteiger partial charge >= 0.3 is 6.18 Å². The predicted molar refractivity (Wildman–Crippen MR) is 74.3 cm³/mol. The Balaban J connectivity index is 2.17. The van der Waals surface area contributed by atoms with Gasteiger partial charge in [-0.15, -0.1) is 11.3 Å². The molecule has 1 aromatic heterocycles. The maximum Gasteiger partial charge on any atom is 0.418 e. The molecule has 0 spiro atoms. The maximum absolute atomic E-state index is 12.9. The molecule has 1 amide bonds. The number of nitrogens with zero attached hydrogens (tertiary/aromatic N) is 1. The summed E-state index contributed by atoms with van der Waals surface area (Å²) in [5, 5.41) is 5.03. The number of benzene rings is 1. The van der Waals surface area contributed by atoms with Crippen molar-refractivity contribution in [2.45, 2.75) is 12.7 Å². The molecule has 0 unspecified atom stereocenters. The predicted octanol–water partition coefficient (Wildman–Crippen LogP) is 3.13. The van der Waals surface area contributed by atoms with Crippen LogP contribution >= 0.6 is 11.3 Å². The number of alkyl halides is 3. The van der Waals surface area contributed by atoms with Crippen LogP contribution in [0.2, 0.25) is 0 Å². The highest BCUT2D eigenvalue weighted by Gasteiger charge is 2.34. The molecular formula is C13H12F3N3OS. The fourth-order valence-electron chi connectivity index (χ4n) is 1.74. The minimum Gasteiger partial charge on any atom is -0.388 e. The minimum atomic E-state index is -4.52. The van der Waals surface area contributed by atoms with Gasteiger partial charge in [0, 0.05) is 29.4 Å². The Morgan fingerprint density at radius 3 is 2.71 bits per heavy atom. The molecule has 1 heterocycles. The second-order valence-corrected chi connectivity index (χ2v) is 5.13. The number of carbonyl (C=O) groups is 1. The van der Waals surface area contributed by atoms with Gasteiger partial charge in [0.05, 0.1) is 17.6 Å². The standard InChI is InChI=1S/C13H12F3N3OS/c1-17-11-3-2-8(4-10(11)13(14,15)16)12(20)19-6-9-5-18-7-21-9/h2-5,7,17H,6H2,1H3,(H,19,20). The van der Waals surface area contributed by atoms with Crippen molar-refractivity contribution in [2.75, 3.05) is 12.4 Å². The Kier molecular flexibility index (Phi) is 4.46. The van der Waals surface area contributed by atoms with Crippen LogP contribution in [-0.2, 0) is 12.7 Å². The van der Waals surface area contributed by atoms with Crippen LogP contribution in [0.3, 0.4) is 0 Å². The number of nitrogens with one attached hydrogen (secondary N) is 2. The van der Waals surface area contributed by atoms with E-state index in [0.29, 0.717) is 0 Å². The summed E-state index contributed by atoms with van der Waals surface area (Å²) in [6.45, 7) is 0.235. The van der Waals surface area contributed by atoms with E-state index in [1.54, 1.807) is 11.7 Å². The highest BCUT2D eigenvalue weighted by molar-refractivity contribution is 7.09. The van der Waals surface area contributed by atoms with Gasteiger partial charge in [0.25, 0.3) is 5.91 Å². The van der Waals surface area contributed by atoms with Gasteiger partial charge in [0.15, 0.2) is 0 Å². The molecule has 0 saturated heterocycles. The molecule has 0 radical (unpaired) electrons. The number of rotatable bonds is 4. The SMILES string of the molecule is CNc1ccc(C(=O)NCc2cncs2)cc1C(F)(F)F. The third kappa shape index (κ3) is 3.72. The lowest BCUT2D eigenvalue weighted by atomic mass is 10.1. The first kappa shape index (κ1) is 15.3. The van der Waals surface area contributed by atoms with Crippen LogP contribution in [0.5, 0.6) is 0 Å². The molecule has 112 valence electrons. The molecule has 21 heavy (non-hydrogen) atoms. The summed E-state index contributed by atoms with van der Waals surface area (Å²) in [5.41, 5.74) is 0.646. The molecule has 0 aliphatic rings. The second kappa shape index (κ2) is 6.13. The van der Waals surface area contributed by atoms with Crippen molar-refractivity contribution >= 4 is 22.9 Å². The lowest BCUT2D eigenvalue weighted by Gasteiger charge is -2.14. The number of carbonyl (C=O) groups excluding carboxylic acids is 1. The molecule has 0 atom stereocenters. The summed E-state index contributed by atoms with van der Waals surface area (Å²) in [4.78, 5) is 16.6. The van der Waals surface area contributed by atoms with Crippen LogP contribution < -0.4 is 10.6 Å². The Hall–Kier alpha value is -2.09. The number of aromatic nitrogens is 1. The minimum absolute atomic E-state index is 0.0363. The number of amides is 1. The maximum atomic E-state index is 12.9. The van der Waals surface area contributed by atoms with E-state index < -0.39 is 17.6 Å². The number of hydrogen-bond acceptors (Lipinski definition) is 4. The van der Waals surface area contributed by atoms with E-state index >= 15 is 0 Å². The summed E-state index contributed by atoms with van der Waals surface area (Å²) >= 11 is 1.36. The monoisotopic (exact) mass is 315 g/mol. The molecule has 0 fully saturated rings. The van der Waals surface area contributed by atoms with E-state index in [9.17, 15) is 18.0 Å². The summed E-state index contributed by atoms with van der Waals surface area (Å²) in [5.74, 6) is -0.559. The smallest absolute Gasteiger partial charge is 0.388 e. The van der Waals surface area contributed by atoms with Gasteiger partial charge in [-0.3, -0.25) is 9.78 Å². The van der Waals surface area contributed by atoms with Gasteiger partial charge in [-0.2, -0.15) is 13.2 Å². The van der Waals surface area contributed by atoms with Gasteiger partial charge < -0.3 is 10.6 Å². The first-order chi connectivity index (χ1) is 9.91. The topological polar surface area (TPSA) is 54.0 Å². The molecule has 2 rings (SSSR count). The molecule has 0 aliphatic heterocycles. The molecule has 0 aliphatic carbocycles. The average molecular weight is 315 g/mol. The fourth-order valence-corrected chi connectivity index (χ4v) is 2.27. The summed E-state index contributed by atoms with van der Waals surface area (Å²) < 4.78 is 38.7. The van der Waals surface area contributed by atoms with E-state index in [1.165, 1.54) is 30.5 Å². The summed E-state index contributed by atoms with van der Waals surface area (Å²) in [7, 11) is 1.40. The van der Waals surface area contributed by atoms with E-state index in [1.807, 2.05) is 0 Å². The molecule has 0 saturated carbocycles. The van der Waals surface area contributed by atoms with Gasteiger partial charge in [-0.1, -0.05) is 0 Å². The van der Waals surface area contributed by atoms with Crippen molar-refractivity contribution in [2.24, 2.45) is 0 Å². The fraction of sp³-hybridized carbons (Fsp3) is 0.231. The third-order valence-electron chi connectivity index (χ3n) is 2.76. The normalized spacial score (nSPS) is 11.2. The van der Waals surface area contributed by atoms with E-state index in [2.05, 4.69) is 15.6 Å². The Morgan fingerprint density at radius 1 is 1.38 bits per heavy atom. The van der Waals surface area contributed by atoms with Crippen molar-refractivity contribution in [1.29, 1.82) is 0 Å². The summed E-state index contributed by atoms with van der Waals surface area (Å²) in [6.07, 6.45) is -2.93. The molecule has 8 heteroatoms. The second-order valence-electron chi connectivity index (χ2n) is 4.16. The molecule has 4 nitrogen and oxygen atoms in total. The van der Waals surface area contributed by atoms with Gasteiger partial charge in [0.2, 0.25) is 0 Å². The zero-order valence-electron chi connectivity index (χ0n) is 11.0. The number of hydrogen-bond donors (Lipinski definition) is 2. The van der Waals surface area contributed by atoms with Crippen LogP contribution in [0.4, 0.5) is 18.9 Å². The quantitative estimate of drug-likeness (QED) is 0.911. The lowest BCUT2D eigenvalue weighted by molar-refractivity contribution is -0.136. The van der Waals surface area contributed by atoms with Crippen molar-refractivity contribution in [3.63, 3.8) is 0 Å². The number of halogens is 3. The molecule has 2 N–H and O–H groups in total. The zero-order valence-corrected chi connectivity index (χ0v) is 11.8. The Bertz CT molecular complexity index is 626. The number of anilines is 1. The molecule has 2 aromatic rings. The molecule has 0 bridgehead atoms. The van der Waals surface area contributed by atoms with Crippen LogP contribution in [0.25, 0.3) is 0 Å². The van der Waals surface area contributed by atoms with Crippen molar-refractivity contribution in [1.82, 2.24) is 10.3 Å². The first-order valence-corrected chi connectivity index (χ1v) is 6.84. The number of thiazole rings is 1. The van der Waals surface area contributed by atoms with Crippen LogP contribution in [-0.4, -0.2) is 17.9 Å². The van der Waals surface area contributed by atoms with E-state index in [0.717, 1.165) is 10.9 Å². The molecule has 1 aromatic carbocycles. The van der Waals surface area contributed by atoms with Crippen LogP contribution in [0.1, 0.15) is 20.8 Å². The first-order valence-electron chi connectivity index (χ1n) is 5.96. The van der Waals surface area contributed by atoms with Gasteiger partial charge in [0.1, 0.15) is 0 Å². The van der Waals surface area contributed by atoms with Crippen LogP contribution in [0.15, 0.2) is 29.9 Å². The lowest BCUT2D eigenvalue weighted by Crippen LogP contribution is -2.23. The third-order valence-corrected chi connectivity index (χ3v) is 3.54.